The summed E-state index contributed by atoms with van der Waals surface area (Å²) in [5.74, 6) is -0.691. The predicted molar refractivity (Wildman–Crippen MR) is 81.6 cm³/mol. The molecule has 2 N–H and O–H groups in total. The van der Waals surface area contributed by atoms with E-state index in [1.54, 1.807) is 20.8 Å². The Labute approximate surface area is 131 Å². The molecule has 0 aromatic heterocycles. The number of hydrogen-bond donors (Lipinski definition) is 2. The molecule has 0 spiro atoms. The average molecular weight is 361 g/mol. The van der Waals surface area contributed by atoms with Crippen LogP contribution in [0.25, 0.3) is 0 Å². The van der Waals surface area contributed by atoms with Crippen LogP contribution in [0.2, 0.25) is 0 Å². The van der Waals surface area contributed by atoms with Crippen LogP contribution in [0, 0.1) is 5.82 Å². The summed E-state index contributed by atoms with van der Waals surface area (Å²) < 4.78 is 18.3. The second kappa shape index (κ2) is 7.40. The highest BCUT2D eigenvalue weighted by molar-refractivity contribution is 9.10. The maximum absolute atomic E-state index is 13.0. The first-order chi connectivity index (χ1) is 9.67. The minimum atomic E-state index is -0.577. The predicted octanol–water partition coefficient (Wildman–Crippen LogP) is 3.44. The normalized spacial score (nSPS) is 10.9. The highest BCUT2D eigenvalue weighted by Gasteiger charge is 2.15. The third-order valence-corrected chi connectivity index (χ3v) is 2.83. The highest BCUT2D eigenvalue weighted by Crippen LogP contribution is 2.19. The maximum Gasteiger partial charge on any atom is 0.407 e. The Balaban J connectivity index is 2.34. The lowest BCUT2D eigenvalue weighted by molar-refractivity contribution is -0.116. The Morgan fingerprint density at radius 2 is 2.00 bits per heavy atom. The molecule has 116 valence electrons. The molecule has 0 saturated heterocycles. The smallest absolute Gasteiger partial charge is 0.407 e. The van der Waals surface area contributed by atoms with Gasteiger partial charge in [-0.2, -0.15) is 0 Å². The third-order valence-electron chi connectivity index (χ3n) is 2.22. The minimum absolute atomic E-state index is 0.0915. The van der Waals surface area contributed by atoms with Gasteiger partial charge in [-0.15, -0.1) is 0 Å². The number of benzene rings is 1. The van der Waals surface area contributed by atoms with E-state index in [9.17, 15) is 14.0 Å². The van der Waals surface area contributed by atoms with Crippen molar-refractivity contribution in [3.05, 3.63) is 28.5 Å². The average Bonchev–Trinajstić information content (AvgIpc) is 2.31. The van der Waals surface area contributed by atoms with E-state index < -0.39 is 17.5 Å². The number of carbonyl (C=O) groups is 2. The molecule has 0 heterocycles. The first-order valence-electron chi connectivity index (χ1n) is 6.39. The molecule has 21 heavy (non-hydrogen) atoms. The summed E-state index contributed by atoms with van der Waals surface area (Å²) in [6.07, 6.45) is -0.478. The molecule has 0 saturated carbocycles. The molecule has 7 heteroatoms. The van der Waals surface area contributed by atoms with Gasteiger partial charge in [-0.1, -0.05) is 0 Å². The molecule has 0 fully saturated rings. The second-order valence-corrected chi connectivity index (χ2v) is 6.21. The van der Waals surface area contributed by atoms with Gasteiger partial charge in [0, 0.05) is 18.7 Å². The topological polar surface area (TPSA) is 67.4 Å². The van der Waals surface area contributed by atoms with E-state index in [0.29, 0.717) is 5.69 Å². The quantitative estimate of drug-likeness (QED) is 0.863. The summed E-state index contributed by atoms with van der Waals surface area (Å²) in [7, 11) is 0. The highest BCUT2D eigenvalue weighted by atomic mass is 79.9. The summed E-state index contributed by atoms with van der Waals surface area (Å²) >= 11 is 3.04. The van der Waals surface area contributed by atoms with E-state index in [1.165, 1.54) is 18.2 Å². The Kier molecular flexibility index (Phi) is 6.14. The number of nitrogens with one attached hydrogen (secondary N) is 2. The van der Waals surface area contributed by atoms with Crippen LogP contribution in [0.3, 0.4) is 0 Å². The fraction of sp³-hybridized carbons (Fsp3) is 0.429. The van der Waals surface area contributed by atoms with Crippen LogP contribution >= 0.6 is 15.9 Å². The molecule has 0 aliphatic rings. The van der Waals surface area contributed by atoms with Gasteiger partial charge < -0.3 is 15.4 Å². The van der Waals surface area contributed by atoms with Crippen LogP contribution < -0.4 is 10.6 Å². The number of hydrogen-bond acceptors (Lipinski definition) is 3. The van der Waals surface area contributed by atoms with Crippen molar-refractivity contribution in [2.75, 3.05) is 11.9 Å². The Bertz CT molecular complexity index is 529. The van der Waals surface area contributed by atoms with E-state index in [-0.39, 0.29) is 23.3 Å². The van der Waals surface area contributed by atoms with Gasteiger partial charge in [0.2, 0.25) is 5.91 Å². The molecule has 0 atom stereocenters. The zero-order valence-electron chi connectivity index (χ0n) is 12.1. The van der Waals surface area contributed by atoms with Gasteiger partial charge in [-0.05, 0) is 54.9 Å². The van der Waals surface area contributed by atoms with Gasteiger partial charge in [-0.3, -0.25) is 4.79 Å². The molecule has 0 aliphatic carbocycles. The molecule has 1 rings (SSSR count). The van der Waals surface area contributed by atoms with Crippen molar-refractivity contribution < 1.29 is 18.7 Å². The van der Waals surface area contributed by atoms with Gasteiger partial charge >= 0.3 is 6.09 Å². The molecule has 1 aromatic rings. The number of rotatable bonds is 4. The van der Waals surface area contributed by atoms with Gasteiger partial charge in [0.1, 0.15) is 11.4 Å². The van der Waals surface area contributed by atoms with E-state index in [4.69, 9.17) is 4.74 Å². The maximum atomic E-state index is 13.0. The largest absolute Gasteiger partial charge is 0.444 e. The van der Waals surface area contributed by atoms with Gasteiger partial charge in [0.05, 0.1) is 4.47 Å². The van der Waals surface area contributed by atoms with Crippen LogP contribution in [0.5, 0.6) is 0 Å². The van der Waals surface area contributed by atoms with Crippen molar-refractivity contribution in [2.24, 2.45) is 0 Å². The van der Waals surface area contributed by atoms with Crippen molar-refractivity contribution in [3.8, 4) is 0 Å². The standard InChI is InChI=1S/C14H18BrFN2O3/c1-14(2,3)21-13(20)17-7-6-12(19)18-9-4-5-11(16)10(15)8-9/h4-5,8H,6-7H2,1-3H3,(H,17,20)(H,18,19). The summed E-state index contributed by atoms with van der Waals surface area (Å²) in [5, 5.41) is 5.09. The second-order valence-electron chi connectivity index (χ2n) is 5.36. The molecule has 0 bridgehead atoms. The van der Waals surface area contributed by atoms with E-state index in [0.717, 1.165) is 0 Å². The lowest BCUT2D eigenvalue weighted by Crippen LogP contribution is -2.34. The number of ether oxygens (including phenoxy) is 1. The number of carbonyl (C=O) groups excluding carboxylic acids is 2. The zero-order valence-corrected chi connectivity index (χ0v) is 13.7. The first-order valence-corrected chi connectivity index (χ1v) is 7.18. The van der Waals surface area contributed by atoms with Crippen LogP contribution in [0.1, 0.15) is 27.2 Å². The zero-order chi connectivity index (χ0) is 16.0. The fourth-order valence-electron chi connectivity index (χ4n) is 1.39. The molecule has 0 aliphatic heterocycles. The van der Waals surface area contributed by atoms with Gasteiger partial charge in [0.25, 0.3) is 0 Å². The molecular formula is C14H18BrFN2O3. The van der Waals surface area contributed by atoms with Crippen LogP contribution in [0.15, 0.2) is 22.7 Å². The van der Waals surface area contributed by atoms with Crippen molar-refractivity contribution in [1.82, 2.24) is 5.32 Å². The monoisotopic (exact) mass is 360 g/mol. The summed E-state index contributed by atoms with van der Waals surface area (Å²) in [5.41, 5.74) is -0.0993. The Morgan fingerprint density at radius 1 is 1.33 bits per heavy atom. The van der Waals surface area contributed by atoms with E-state index >= 15 is 0 Å². The lowest BCUT2D eigenvalue weighted by Gasteiger charge is -2.19. The van der Waals surface area contributed by atoms with Crippen LogP contribution in [-0.2, 0) is 9.53 Å². The molecule has 0 radical (unpaired) electrons. The third kappa shape index (κ3) is 7.08. The number of halogens is 2. The fourth-order valence-corrected chi connectivity index (χ4v) is 1.77. The molecule has 0 unspecified atom stereocenters. The van der Waals surface area contributed by atoms with Crippen molar-refractivity contribution >= 4 is 33.6 Å². The Hall–Kier alpha value is -1.63. The summed E-state index contributed by atoms with van der Waals surface area (Å²) in [4.78, 5) is 23.0. The van der Waals surface area contributed by atoms with Gasteiger partial charge in [-0.25, -0.2) is 9.18 Å². The number of anilines is 1. The van der Waals surface area contributed by atoms with Crippen molar-refractivity contribution in [3.63, 3.8) is 0 Å². The molecular weight excluding hydrogens is 343 g/mol. The number of alkyl carbamates (subject to hydrolysis) is 1. The molecule has 1 aromatic carbocycles. The van der Waals surface area contributed by atoms with Gasteiger partial charge in [0.15, 0.2) is 0 Å². The van der Waals surface area contributed by atoms with E-state index in [2.05, 4.69) is 26.6 Å². The van der Waals surface area contributed by atoms with E-state index in [1.807, 2.05) is 0 Å². The molecule has 2 amide bonds. The minimum Gasteiger partial charge on any atom is -0.444 e. The summed E-state index contributed by atoms with van der Waals surface area (Å²) in [6.45, 7) is 5.42. The van der Waals surface area contributed by atoms with Crippen molar-refractivity contribution in [1.29, 1.82) is 0 Å². The van der Waals surface area contributed by atoms with Crippen LogP contribution in [-0.4, -0.2) is 24.1 Å². The lowest BCUT2D eigenvalue weighted by atomic mass is 10.2. The molecule has 5 nitrogen and oxygen atoms in total. The van der Waals surface area contributed by atoms with Crippen molar-refractivity contribution in [2.45, 2.75) is 32.8 Å². The summed E-state index contributed by atoms with van der Waals surface area (Å²) in [6, 6.07) is 4.17. The number of amides is 2. The SMILES string of the molecule is CC(C)(C)OC(=O)NCCC(=O)Nc1ccc(F)c(Br)c1. The first kappa shape index (κ1) is 17.4. The van der Waals surface area contributed by atoms with Crippen LogP contribution in [0.4, 0.5) is 14.9 Å². The Morgan fingerprint density at radius 3 is 2.57 bits per heavy atom.